The molecule has 0 amide bonds. The maximum Gasteiger partial charge on any atom is 0.166 e. The standard InChI is InChI=1S/C35H33FN2O5S/c1-41-16-15-37-22-23-7-10-25(11-8-23)34-21-30-35(44-34)33(13-14-38-30)43-32-12-9-24(18-29(32)36)17-27(39)20-28(40)19-26-5-3-4-6-31(26)42-2/h3-14,18,21,37H,15-17,19-20,22H2,1-2H3. The zero-order valence-corrected chi connectivity index (χ0v) is 25.4. The van der Waals surface area contributed by atoms with Gasteiger partial charge in [-0.2, -0.15) is 0 Å². The molecule has 5 aromatic rings. The van der Waals surface area contributed by atoms with E-state index >= 15 is 4.39 Å². The third-order valence-corrected chi connectivity index (χ3v) is 8.21. The van der Waals surface area contributed by atoms with E-state index in [4.69, 9.17) is 14.2 Å². The molecule has 2 heterocycles. The van der Waals surface area contributed by atoms with Gasteiger partial charge in [-0.05, 0) is 41.0 Å². The van der Waals surface area contributed by atoms with Crippen molar-refractivity contribution < 1.29 is 28.2 Å². The van der Waals surface area contributed by atoms with Gasteiger partial charge in [-0.15, -0.1) is 11.3 Å². The maximum atomic E-state index is 15.1. The van der Waals surface area contributed by atoms with Crippen LogP contribution in [0.15, 0.2) is 85.1 Å². The van der Waals surface area contributed by atoms with Crippen molar-refractivity contribution in [2.45, 2.75) is 25.8 Å². The van der Waals surface area contributed by atoms with Crippen LogP contribution in [-0.4, -0.2) is 43.9 Å². The Morgan fingerprint density at radius 2 is 1.64 bits per heavy atom. The average Bonchev–Trinajstić information content (AvgIpc) is 3.46. The van der Waals surface area contributed by atoms with Crippen LogP contribution in [-0.2, 0) is 33.7 Å². The SMILES string of the molecule is COCCNCc1ccc(-c2cc3nccc(Oc4ccc(CC(=O)CC(=O)Cc5ccccc5OC)cc4F)c3s2)cc1. The molecule has 0 saturated carbocycles. The van der Waals surface area contributed by atoms with Gasteiger partial charge in [0.2, 0.25) is 0 Å². The van der Waals surface area contributed by atoms with Crippen molar-refractivity contribution in [2.24, 2.45) is 0 Å². The second-order valence-electron chi connectivity index (χ2n) is 10.3. The molecule has 0 aliphatic carbocycles. The Hall–Kier alpha value is -4.44. The Kier molecular flexibility index (Phi) is 10.5. The number of nitrogens with zero attached hydrogens (tertiary/aromatic N) is 1. The van der Waals surface area contributed by atoms with Gasteiger partial charge in [-0.1, -0.05) is 48.5 Å². The number of ether oxygens (including phenoxy) is 3. The van der Waals surface area contributed by atoms with Crippen molar-refractivity contribution >= 4 is 33.1 Å². The minimum Gasteiger partial charge on any atom is -0.496 e. The minimum atomic E-state index is -0.591. The van der Waals surface area contributed by atoms with Crippen molar-refractivity contribution in [1.29, 1.82) is 0 Å². The van der Waals surface area contributed by atoms with E-state index in [1.807, 2.05) is 18.2 Å². The van der Waals surface area contributed by atoms with Crippen molar-refractivity contribution in [2.75, 3.05) is 27.4 Å². The van der Waals surface area contributed by atoms with Crippen LogP contribution in [0.2, 0.25) is 0 Å². The highest BCUT2D eigenvalue weighted by molar-refractivity contribution is 7.22. The first-order valence-electron chi connectivity index (χ1n) is 14.2. The number of hydrogen-bond acceptors (Lipinski definition) is 8. The zero-order chi connectivity index (χ0) is 30.9. The highest BCUT2D eigenvalue weighted by Crippen LogP contribution is 2.39. The number of carbonyl (C=O) groups is 2. The Labute approximate surface area is 259 Å². The van der Waals surface area contributed by atoms with E-state index in [0.717, 1.165) is 39.3 Å². The number of carbonyl (C=O) groups excluding carboxylic acids is 2. The van der Waals surface area contributed by atoms with Crippen LogP contribution in [0.5, 0.6) is 17.2 Å². The summed E-state index contributed by atoms with van der Waals surface area (Å²) in [6.45, 7) is 2.21. The van der Waals surface area contributed by atoms with Crippen molar-refractivity contribution in [1.82, 2.24) is 10.3 Å². The Balaban J connectivity index is 1.22. The quantitative estimate of drug-likeness (QED) is 0.101. The summed E-state index contributed by atoms with van der Waals surface area (Å²) in [5.74, 6) is 0.0500. The number of ketones is 2. The highest BCUT2D eigenvalue weighted by atomic mass is 32.1. The molecule has 0 spiro atoms. The molecule has 0 aliphatic rings. The van der Waals surface area contributed by atoms with Gasteiger partial charge in [0.15, 0.2) is 11.6 Å². The summed E-state index contributed by atoms with van der Waals surface area (Å²) in [4.78, 5) is 30.6. The Morgan fingerprint density at radius 1 is 0.864 bits per heavy atom. The van der Waals surface area contributed by atoms with Crippen molar-refractivity contribution in [3.63, 3.8) is 0 Å². The van der Waals surface area contributed by atoms with Gasteiger partial charge in [-0.3, -0.25) is 14.6 Å². The lowest BCUT2D eigenvalue weighted by atomic mass is 10.0. The number of nitrogens with one attached hydrogen (secondary N) is 1. The normalized spacial score (nSPS) is 11.1. The molecule has 2 aromatic heterocycles. The summed E-state index contributed by atoms with van der Waals surface area (Å²) in [5.41, 5.74) is 4.19. The first-order valence-corrected chi connectivity index (χ1v) is 15.0. The highest BCUT2D eigenvalue weighted by Gasteiger charge is 2.16. The molecular formula is C35H33FN2O5S. The Morgan fingerprint density at radius 3 is 2.41 bits per heavy atom. The molecule has 5 rings (SSSR count). The number of methoxy groups -OCH3 is 2. The second-order valence-corrected chi connectivity index (χ2v) is 11.3. The zero-order valence-electron chi connectivity index (χ0n) is 24.6. The smallest absolute Gasteiger partial charge is 0.166 e. The summed E-state index contributed by atoms with van der Waals surface area (Å²) in [5, 5.41) is 3.34. The van der Waals surface area contributed by atoms with Gasteiger partial charge in [0.25, 0.3) is 0 Å². The molecule has 0 atom stereocenters. The number of benzene rings is 3. The van der Waals surface area contributed by atoms with E-state index < -0.39 is 5.82 Å². The number of hydrogen-bond donors (Lipinski definition) is 1. The number of pyridine rings is 1. The first kappa shape index (κ1) is 31.0. The largest absolute Gasteiger partial charge is 0.496 e. The lowest BCUT2D eigenvalue weighted by molar-refractivity contribution is -0.126. The molecule has 0 saturated heterocycles. The summed E-state index contributed by atoms with van der Waals surface area (Å²) in [6.07, 6.45) is 1.45. The lowest BCUT2D eigenvalue weighted by Gasteiger charge is -2.09. The van der Waals surface area contributed by atoms with Crippen LogP contribution in [0, 0.1) is 5.82 Å². The average molecular weight is 613 g/mol. The summed E-state index contributed by atoms with van der Waals surface area (Å²) < 4.78 is 32.3. The molecule has 1 N–H and O–H groups in total. The van der Waals surface area contributed by atoms with Gasteiger partial charge in [0.1, 0.15) is 23.1 Å². The number of aromatic nitrogens is 1. The predicted molar refractivity (Wildman–Crippen MR) is 170 cm³/mol. The van der Waals surface area contributed by atoms with Crippen LogP contribution in [0.25, 0.3) is 20.7 Å². The third kappa shape index (κ3) is 7.93. The van der Waals surface area contributed by atoms with E-state index in [1.165, 1.54) is 36.1 Å². The number of fused-ring (bicyclic) bond motifs is 1. The lowest BCUT2D eigenvalue weighted by Crippen LogP contribution is -2.18. The number of Topliss-reactive ketones (excluding diaryl/α,β-unsaturated/α-hetero) is 2. The topological polar surface area (TPSA) is 86.8 Å². The summed E-state index contributed by atoms with van der Waals surface area (Å²) in [7, 11) is 3.22. The number of halogens is 1. The van der Waals surface area contributed by atoms with Crippen LogP contribution in [0.1, 0.15) is 23.1 Å². The van der Waals surface area contributed by atoms with Crippen LogP contribution < -0.4 is 14.8 Å². The monoisotopic (exact) mass is 612 g/mol. The fraction of sp³-hybridized carbons (Fsp3) is 0.229. The second kappa shape index (κ2) is 14.8. The molecule has 44 heavy (non-hydrogen) atoms. The third-order valence-electron chi connectivity index (χ3n) is 7.02. The predicted octanol–water partition coefficient (Wildman–Crippen LogP) is 6.95. The van der Waals surface area contributed by atoms with Crippen molar-refractivity contribution in [3.05, 3.63) is 108 Å². The molecule has 0 radical (unpaired) electrons. The first-order chi connectivity index (χ1) is 21.4. The molecule has 0 aliphatic heterocycles. The molecule has 3 aromatic carbocycles. The molecule has 226 valence electrons. The van der Waals surface area contributed by atoms with E-state index in [0.29, 0.717) is 23.7 Å². The number of thiophene rings is 1. The van der Waals surface area contributed by atoms with Gasteiger partial charge in [-0.25, -0.2) is 4.39 Å². The molecule has 9 heteroatoms. The van der Waals surface area contributed by atoms with E-state index in [9.17, 15) is 9.59 Å². The summed E-state index contributed by atoms with van der Waals surface area (Å²) >= 11 is 1.53. The molecule has 0 bridgehead atoms. The fourth-order valence-corrected chi connectivity index (χ4v) is 5.89. The summed E-state index contributed by atoms with van der Waals surface area (Å²) in [6, 6.07) is 23.7. The van der Waals surface area contributed by atoms with Crippen molar-refractivity contribution in [3.8, 4) is 27.7 Å². The maximum absolute atomic E-state index is 15.1. The fourth-order valence-electron chi connectivity index (χ4n) is 4.82. The number of para-hydroxylation sites is 1. The number of rotatable bonds is 15. The van der Waals surface area contributed by atoms with E-state index in [-0.39, 0.29) is 36.6 Å². The van der Waals surface area contributed by atoms with Crippen LogP contribution in [0.4, 0.5) is 4.39 Å². The Bertz CT molecular complexity index is 1750. The molecule has 0 fully saturated rings. The van der Waals surface area contributed by atoms with Gasteiger partial charge < -0.3 is 19.5 Å². The van der Waals surface area contributed by atoms with Crippen LogP contribution >= 0.6 is 11.3 Å². The van der Waals surface area contributed by atoms with Gasteiger partial charge in [0.05, 0.1) is 30.4 Å². The molecular weight excluding hydrogens is 579 g/mol. The molecule has 0 unspecified atom stereocenters. The van der Waals surface area contributed by atoms with Gasteiger partial charge >= 0.3 is 0 Å². The van der Waals surface area contributed by atoms with E-state index in [1.54, 1.807) is 37.6 Å². The van der Waals surface area contributed by atoms with E-state index in [2.05, 4.69) is 34.6 Å². The van der Waals surface area contributed by atoms with Gasteiger partial charge in [0, 0.05) is 55.7 Å². The minimum absolute atomic E-state index is 0.0428. The van der Waals surface area contributed by atoms with Crippen LogP contribution in [0.3, 0.4) is 0 Å². The molecule has 7 nitrogen and oxygen atoms in total.